The van der Waals surface area contributed by atoms with Crippen LogP contribution in [0, 0.1) is 17.8 Å². The summed E-state index contributed by atoms with van der Waals surface area (Å²) >= 11 is 1.73. The van der Waals surface area contributed by atoms with E-state index < -0.39 is 11.7 Å². The van der Waals surface area contributed by atoms with E-state index in [0.29, 0.717) is 12.1 Å². The van der Waals surface area contributed by atoms with Gasteiger partial charge in [0, 0.05) is 31.0 Å². The van der Waals surface area contributed by atoms with Gasteiger partial charge < -0.3 is 10.2 Å². The Morgan fingerprint density at radius 2 is 1.71 bits per heavy atom. The fraction of sp³-hybridized carbons (Fsp3) is 0.652. The molecule has 0 radical (unpaired) electrons. The summed E-state index contributed by atoms with van der Waals surface area (Å²) in [4.78, 5) is 19.9. The summed E-state index contributed by atoms with van der Waals surface area (Å²) in [5.74, 6) is 3.16. The summed E-state index contributed by atoms with van der Waals surface area (Å²) < 4.78 is 38.1. The van der Waals surface area contributed by atoms with Gasteiger partial charge in [0.15, 0.2) is 5.17 Å². The molecule has 4 bridgehead atoms. The predicted molar refractivity (Wildman–Crippen MR) is 117 cm³/mol. The van der Waals surface area contributed by atoms with E-state index in [0.717, 1.165) is 40.8 Å². The third-order valence-electron chi connectivity index (χ3n) is 7.51. The summed E-state index contributed by atoms with van der Waals surface area (Å²) in [5, 5.41) is 3.78. The number of aliphatic imine (C=N–C) groups is 1. The van der Waals surface area contributed by atoms with Gasteiger partial charge in [-0.3, -0.25) is 9.79 Å². The van der Waals surface area contributed by atoms with Crippen molar-refractivity contribution in [3.8, 4) is 0 Å². The van der Waals surface area contributed by atoms with Crippen molar-refractivity contribution in [3.05, 3.63) is 29.8 Å². The molecule has 1 saturated heterocycles. The number of carbonyl (C=O) groups excluding carboxylic acids is 1. The van der Waals surface area contributed by atoms with E-state index in [1.54, 1.807) is 11.8 Å². The molecule has 8 heteroatoms. The SMILES string of the molecule is CN1C(=NC23CC4CC(CC(C4)C2)C3)SCC1CC(=O)Nc1ccc(C(F)(F)F)cc1. The van der Waals surface area contributed by atoms with Crippen LogP contribution >= 0.6 is 11.8 Å². The molecule has 0 aromatic heterocycles. The quantitative estimate of drug-likeness (QED) is 0.666. The average Bonchev–Trinajstić information content (AvgIpc) is 2.99. The molecule has 0 spiro atoms. The van der Waals surface area contributed by atoms with Crippen LogP contribution in [0.4, 0.5) is 18.9 Å². The van der Waals surface area contributed by atoms with Gasteiger partial charge >= 0.3 is 6.18 Å². The van der Waals surface area contributed by atoms with Crippen molar-refractivity contribution in [2.24, 2.45) is 22.7 Å². The number of anilines is 1. The molecule has 1 atom stereocenters. The van der Waals surface area contributed by atoms with Gasteiger partial charge in [0.1, 0.15) is 0 Å². The number of hydrogen-bond acceptors (Lipinski definition) is 3. The van der Waals surface area contributed by atoms with Crippen LogP contribution in [0.1, 0.15) is 50.5 Å². The van der Waals surface area contributed by atoms with E-state index in [9.17, 15) is 18.0 Å². The van der Waals surface area contributed by atoms with Crippen molar-refractivity contribution in [1.82, 2.24) is 4.90 Å². The van der Waals surface area contributed by atoms with E-state index in [1.165, 1.54) is 50.7 Å². The maximum Gasteiger partial charge on any atom is 0.416 e. The maximum absolute atomic E-state index is 12.7. The van der Waals surface area contributed by atoms with Crippen molar-refractivity contribution in [1.29, 1.82) is 0 Å². The highest BCUT2D eigenvalue weighted by molar-refractivity contribution is 8.14. The van der Waals surface area contributed by atoms with Crippen LogP contribution < -0.4 is 5.32 Å². The Kier molecular flexibility index (Phi) is 5.26. The molecular formula is C23H28F3N3OS. The van der Waals surface area contributed by atoms with Crippen LogP contribution in [0.5, 0.6) is 0 Å². The standard InChI is InChI=1S/C23H28F3N3OS/c1-29-19(9-20(30)27-18-4-2-17(3-5-18)23(24,25)26)13-31-21(29)28-22-10-14-6-15(11-22)8-16(7-14)12-22/h2-5,14-16,19H,6-13H2,1H3,(H,27,30). The molecule has 5 fully saturated rings. The molecule has 1 aromatic rings. The summed E-state index contributed by atoms with van der Waals surface area (Å²) in [5.41, 5.74) is -0.223. The largest absolute Gasteiger partial charge is 0.416 e. The lowest BCUT2D eigenvalue weighted by Crippen LogP contribution is -2.50. The highest BCUT2D eigenvalue weighted by Gasteiger charge is 2.51. The van der Waals surface area contributed by atoms with Crippen molar-refractivity contribution in [2.75, 3.05) is 18.1 Å². The molecular weight excluding hydrogens is 423 g/mol. The Labute approximate surface area is 185 Å². The third kappa shape index (κ3) is 4.32. The second-order valence-corrected chi connectivity index (χ2v) is 10.9. The first kappa shape index (κ1) is 21.2. The van der Waals surface area contributed by atoms with Crippen LogP contribution in [0.25, 0.3) is 0 Å². The number of rotatable bonds is 4. The molecule has 4 aliphatic carbocycles. The topological polar surface area (TPSA) is 44.7 Å². The molecule has 168 valence electrons. The smallest absolute Gasteiger partial charge is 0.350 e. The summed E-state index contributed by atoms with van der Waals surface area (Å²) in [7, 11) is 2.01. The lowest BCUT2D eigenvalue weighted by molar-refractivity contribution is -0.137. The molecule has 1 unspecified atom stereocenters. The minimum Gasteiger partial charge on any atom is -0.350 e. The van der Waals surface area contributed by atoms with E-state index >= 15 is 0 Å². The lowest BCUT2D eigenvalue weighted by Gasteiger charge is -2.55. The number of halogens is 3. The highest BCUT2D eigenvalue weighted by atomic mass is 32.2. The van der Waals surface area contributed by atoms with Crippen molar-refractivity contribution < 1.29 is 18.0 Å². The second-order valence-electron chi connectivity index (χ2n) is 9.94. The number of hydrogen-bond donors (Lipinski definition) is 1. The van der Waals surface area contributed by atoms with Crippen LogP contribution in [0.15, 0.2) is 29.3 Å². The number of carbonyl (C=O) groups is 1. The summed E-state index contributed by atoms with van der Waals surface area (Å²) in [6, 6.07) is 4.63. The number of nitrogens with zero attached hydrogens (tertiary/aromatic N) is 2. The van der Waals surface area contributed by atoms with Gasteiger partial charge in [-0.15, -0.1) is 0 Å². The number of amides is 1. The minimum atomic E-state index is -4.38. The van der Waals surface area contributed by atoms with Gasteiger partial charge in [-0.05, 0) is 80.5 Å². The molecule has 31 heavy (non-hydrogen) atoms. The Hall–Kier alpha value is -1.70. The highest BCUT2D eigenvalue weighted by Crippen LogP contribution is 2.57. The zero-order chi connectivity index (χ0) is 21.8. The molecule has 1 aliphatic heterocycles. The monoisotopic (exact) mass is 451 g/mol. The van der Waals surface area contributed by atoms with Crippen LogP contribution in [-0.4, -0.2) is 40.4 Å². The van der Waals surface area contributed by atoms with E-state index in [-0.39, 0.29) is 17.5 Å². The molecule has 1 N–H and O–H groups in total. The van der Waals surface area contributed by atoms with Gasteiger partial charge in [0.25, 0.3) is 0 Å². The second kappa shape index (κ2) is 7.71. The number of nitrogens with one attached hydrogen (secondary N) is 1. The molecule has 1 heterocycles. The molecule has 6 rings (SSSR count). The molecule has 4 saturated carbocycles. The fourth-order valence-electron chi connectivity index (χ4n) is 6.42. The average molecular weight is 452 g/mol. The van der Waals surface area contributed by atoms with Gasteiger partial charge in [-0.25, -0.2) is 0 Å². The normalized spacial score (nSPS) is 35.7. The molecule has 1 aromatic carbocycles. The maximum atomic E-state index is 12.7. The molecule has 4 nitrogen and oxygen atoms in total. The molecule has 1 amide bonds. The zero-order valence-electron chi connectivity index (χ0n) is 17.6. The predicted octanol–water partition coefficient (Wildman–Crippen LogP) is 5.41. The van der Waals surface area contributed by atoms with Gasteiger partial charge in [0.05, 0.1) is 11.1 Å². The summed E-state index contributed by atoms with van der Waals surface area (Å²) in [6.07, 6.45) is 3.74. The number of benzene rings is 1. The van der Waals surface area contributed by atoms with Crippen molar-refractivity contribution in [3.63, 3.8) is 0 Å². The van der Waals surface area contributed by atoms with Gasteiger partial charge in [0.2, 0.25) is 5.91 Å². The van der Waals surface area contributed by atoms with E-state index in [1.807, 2.05) is 7.05 Å². The number of amidine groups is 1. The van der Waals surface area contributed by atoms with Crippen LogP contribution in [-0.2, 0) is 11.0 Å². The zero-order valence-corrected chi connectivity index (χ0v) is 18.4. The summed E-state index contributed by atoms with van der Waals surface area (Å²) in [6.45, 7) is 0. The van der Waals surface area contributed by atoms with Crippen molar-refractivity contribution >= 4 is 28.5 Å². The van der Waals surface area contributed by atoms with E-state index in [4.69, 9.17) is 4.99 Å². The fourth-order valence-corrected chi connectivity index (χ4v) is 7.71. The van der Waals surface area contributed by atoms with Crippen molar-refractivity contribution in [2.45, 2.75) is 62.7 Å². The van der Waals surface area contributed by atoms with Gasteiger partial charge in [-0.2, -0.15) is 13.2 Å². The number of alkyl halides is 3. The Morgan fingerprint density at radius 3 is 2.26 bits per heavy atom. The lowest BCUT2D eigenvalue weighted by atomic mass is 9.53. The van der Waals surface area contributed by atoms with E-state index in [2.05, 4.69) is 10.2 Å². The van der Waals surface area contributed by atoms with Gasteiger partial charge in [-0.1, -0.05) is 11.8 Å². The number of thioether (sulfide) groups is 1. The minimum absolute atomic E-state index is 0.0483. The Balaban J connectivity index is 1.20. The Bertz CT molecular complexity index is 848. The first-order valence-electron chi connectivity index (χ1n) is 11.1. The third-order valence-corrected chi connectivity index (χ3v) is 8.70. The van der Waals surface area contributed by atoms with Crippen LogP contribution in [0.2, 0.25) is 0 Å². The Morgan fingerprint density at radius 1 is 1.13 bits per heavy atom. The van der Waals surface area contributed by atoms with Crippen LogP contribution in [0.3, 0.4) is 0 Å². The first-order valence-corrected chi connectivity index (χ1v) is 12.1. The first-order chi connectivity index (χ1) is 14.7. The molecule has 5 aliphatic rings.